The Kier molecular flexibility index (Phi) is 8.88. The molecule has 2 atom stereocenters. The minimum atomic E-state index is -4.95. The standard InChI is InChI=1S/C13H23F3N2O4/c1-4-10(8-21-3)18-11(19)17-9-12(20,13(14,15)16)6-7-22-5-2/h6-7,10,20H,4-5,8-9H2,1-3H3,(H2,17,18,19)/b7-6+. The minimum Gasteiger partial charge on any atom is -0.502 e. The van der Waals surface area contributed by atoms with Gasteiger partial charge in [0.25, 0.3) is 0 Å². The van der Waals surface area contributed by atoms with E-state index in [0.717, 1.165) is 6.26 Å². The largest absolute Gasteiger partial charge is 0.502 e. The van der Waals surface area contributed by atoms with Crippen molar-refractivity contribution in [1.82, 2.24) is 10.6 Å². The van der Waals surface area contributed by atoms with Crippen LogP contribution in [-0.4, -0.2) is 55.8 Å². The number of carbonyl (C=O) groups is 1. The molecular weight excluding hydrogens is 305 g/mol. The monoisotopic (exact) mass is 328 g/mol. The Morgan fingerprint density at radius 2 is 2.00 bits per heavy atom. The Balaban J connectivity index is 4.66. The lowest BCUT2D eigenvalue weighted by atomic mass is 10.0. The Morgan fingerprint density at radius 1 is 1.36 bits per heavy atom. The summed E-state index contributed by atoms with van der Waals surface area (Å²) >= 11 is 0. The van der Waals surface area contributed by atoms with Crippen LogP contribution in [0.1, 0.15) is 20.3 Å². The van der Waals surface area contributed by atoms with Crippen molar-refractivity contribution in [3.05, 3.63) is 12.3 Å². The van der Waals surface area contributed by atoms with Crippen LogP contribution in [0.3, 0.4) is 0 Å². The SMILES string of the molecule is CCO/C=C/C(O)(CNC(=O)NC(CC)COC)C(F)(F)F. The maximum Gasteiger partial charge on any atom is 0.422 e. The second kappa shape index (κ2) is 9.52. The summed E-state index contributed by atoms with van der Waals surface area (Å²) in [4.78, 5) is 11.6. The molecule has 2 amide bonds. The van der Waals surface area contributed by atoms with Gasteiger partial charge in [-0.3, -0.25) is 0 Å². The van der Waals surface area contributed by atoms with E-state index in [2.05, 4.69) is 10.1 Å². The molecule has 0 spiro atoms. The van der Waals surface area contributed by atoms with Gasteiger partial charge in [0.15, 0.2) is 5.60 Å². The molecule has 0 saturated carbocycles. The first-order valence-corrected chi connectivity index (χ1v) is 6.81. The number of nitrogens with one attached hydrogen (secondary N) is 2. The van der Waals surface area contributed by atoms with Crippen LogP contribution < -0.4 is 10.6 Å². The number of aliphatic hydroxyl groups is 1. The highest BCUT2D eigenvalue weighted by molar-refractivity contribution is 5.74. The summed E-state index contributed by atoms with van der Waals surface area (Å²) in [5.74, 6) is 0. The smallest absolute Gasteiger partial charge is 0.422 e. The van der Waals surface area contributed by atoms with Crippen molar-refractivity contribution in [3.8, 4) is 0 Å². The molecule has 0 saturated heterocycles. The highest BCUT2D eigenvalue weighted by atomic mass is 19.4. The zero-order valence-corrected chi connectivity index (χ0v) is 12.9. The van der Waals surface area contributed by atoms with E-state index in [1.165, 1.54) is 7.11 Å². The molecular formula is C13H23F3N2O4. The topological polar surface area (TPSA) is 79.8 Å². The van der Waals surface area contributed by atoms with E-state index in [4.69, 9.17) is 4.74 Å². The van der Waals surface area contributed by atoms with Gasteiger partial charge in [0, 0.05) is 7.11 Å². The van der Waals surface area contributed by atoms with E-state index in [1.807, 2.05) is 5.32 Å². The van der Waals surface area contributed by atoms with Gasteiger partial charge in [-0.1, -0.05) is 6.92 Å². The normalized spacial score (nSPS) is 16.1. The van der Waals surface area contributed by atoms with E-state index in [9.17, 15) is 23.1 Å². The summed E-state index contributed by atoms with van der Waals surface area (Å²) in [7, 11) is 1.45. The van der Waals surface area contributed by atoms with Crippen molar-refractivity contribution in [2.75, 3.05) is 26.9 Å². The quantitative estimate of drug-likeness (QED) is 0.561. The number of hydrogen-bond donors (Lipinski definition) is 3. The van der Waals surface area contributed by atoms with Gasteiger partial charge in [-0.25, -0.2) is 4.79 Å². The van der Waals surface area contributed by atoms with E-state index in [-0.39, 0.29) is 19.3 Å². The van der Waals surface area contributed by atoms with Crippen LogP contribution in [-0.2, 0) is 9.47 Å². The third kappa shape index (κ3) is 6.99. The first-order valence-electron chi connectivity index (χ1n) is 6.81. The third-order valence-electron chi connectivity index (χ3n) is 2.81. The summed E-state index contributed by atoms with van der Waals surface area (Å²) in [6, 6.07) is -1.15. The van der Waals surface area contributed by atoms with E-state index in [0.29, 0.717) is 12.5 Å². The van der Waals surface area contributed by atoms with Gasteiger partial charge in [0.05, 0.1) is 32.1 Å². The molecule has 0 rings (SSSR count). The van der Waals surface area contributed by atoms with Crippen molar-refractivity contribution in [1.29, 1.82) is 0 Å². The van der Waals surface area contributed by atoms with Gasteiger partial charge in [0.2, 0.25) is 0 Å². The van der Waals surface area contributed by atoms with Gasteiger partial charge in [0.1, 0.15) is 0 Å². The van der Waals surface area contributed by atoms with Crippen LogP contribution in [0.4, 0.5) is 18.0 Å². The average Bonchev–Trinajstić information content (AvgIpc) is 2.43. The van der Waals surface area contributed by atoms with Crippen LogP contribution in [0.5, 0.6) is 0 Å². The van der Waals surface area contributed by atoms with Crippen LogP contribution in [0.15, 0.2) is 12.3 Å². The maximum atomic E-state index is 12.9. The van der Waals surface area contributed by atoms with Crippen molar-refractivity contribution < 1.29 is 32.5 Å². The summed E-state index contributed by atoms with van der Waals surface area (Å²) in [5.41, 5.74) is -3.21. The van der Waals surface area contributed by atoms with Crippen LogP contribution in [0.2, 0.25) is 0 Å². The summed E-state index contributed by atoms with van der Waals surface area (Å²) in [6.07, 6.45) is -3.18. The van der Waals surface area contributed by atoms with Crippen molar-refractivity contribution >= 4 is 6.03 Å². The zero-order valence-electron chi connectivity index (χ0n) is 12.9. The molecule has 0 radical (unpaired) electrons. The fraction of sp³-hybridized carbons (Fsp3) is 0.769. The Bertz CT molecular complexity index is 364. The Morgan fingerprint density at radius 3 is 2.45 bits per heavy atom. The Labute approximate surface area is 127 Å². The fourth-order valence-corrected chi connectivity index (χ4v) is 1.42. The predicted octanol–water partition coefficient (Wildman–Crippen LogP) is 1.55. The lowest BCUT2D eigenvalue weighted by Crippen LogP contribution is -2.55. The van der Waals surface area contributed by atoms with Gasteiger partial charge >= 0.3 is 12.2 Å². The van der Waals surface area contributed by atoms with Crippen LogP contribution in [0, 0.1) is 0 Å². The summed E-state index contributed by atoms with van der Waals surface area (Å²) in [6.45, 7) is 2.74. The molecule has 0 aliphatic carbocycles. The van der Waals surface area contributed by atoms with Crippen molar-refractivity contribution in [2.45, 2.75) is 38.1 Å². The molecule has 0 aromatic rings. The molecule has 3 N–H and O–H groups in total. The molecule has 9 heteroatoms. The summed E-state index contributed by atoms with van der Waals surface area (Å²) < 4.78 is 48.2. The number of halogens is 3. The fourth-order valence-electron chi connectivity index (χ4n) is 1.42. The number of ether oxygens (including phenoxy) is 2. The van der Waals surface area contributed by atoms with Gasteiger partial charge in [-0.2, -0.15) is 13.2 Å². The molecule has 0 aromatic carbocycles. The van der Waals surface area contributed by atoms with Crippen molar-refractivity contribution in [2.24, 2.45) is 0 Å². The molecule has 6 nitrogen and oxygen atoms in total. The number of rotatable bonds is 9. The van der Waals surface area contributed by atoms with Crippen LogP contribution in [0.25, 0.3) is 0 Å². The lowest BCUT2D eigenvalue weighted by molar-refractivity contribution is -0.237. The van der Waals surface area contributed by atoms with E-state index < -0.39 is 24.4 Å². The molecule has 0 bridgehead atoms. The number of alkyl halides is 3. The molecule has 22 heavy (non-hydrogen) atoms. The zero-order chi connectivity index (χ0) is 17.2. The van der Waals surface area contributed by atoms with Gasteiger partial charge in [-0.15, -0.1) is 0 Å². The van der Waals surface area contributed by atoms with Gasteiger partial charge < -0.3 is 25.2 Å². The minimum absolute atomic E-state index is 0.160. The molecule has 0 fully saturated rings. The number of methoxy groups -OCH3 is 1. The number of hydrogen-bond acceptors (Lipinski definition) is 4. The average molecular weight is 328 g/mol. The molecule has 0 aromatic heterocycles. The number of urea groups is 1. The molecule has 130 valence electrons. The third-order valence-corrected chi connectivity index (χ3v) is 2.81. The maximum absolute atomic E-state index is 12.9. The highest BCUT2D eigenvalue weighted by Gasteiger charge is 2.52. The Hall–Kier alpha value is -1.48. The first-order chi connectivity index (χ1) is 10.2. The highest BCUT2D eigenvalue weighted by Crippen LogP contribution is 2.31. The van der Waals surface area contributed by atoms with Crippen LogP contribution >= 0.6 is 0 Å². The lowest BCUT2D eigenvalue weighted by Gasteiger charge is -2.28. The first kappa shape index (κ1) is 20.5. The number of amides is 2. The van der Waals surface area contributed by atoms with E-state index >= 15 is 0 Å². The molecule has 0 heterocycles. The molecule has 0 aliphatic rings. The molecule has 0 aliphatic heterocycles. The van der Waals surface area contributed by atoms with Gasteiger partial charge in [-0.05, 0) is 19.4 Å². The van der Waals surface area contributed by atoms with Crippen molar-refractivity contribution in [3.63, 3.8) is 0 Å². The number of carbonyl (C=O) groups excluding carboxylic acids is 1. The van der Waals surface area contributed by atoms with E-state index in [1.54, 1.807) is 13.8 Å². The summed E-state index contributed by atoms with van der Waals surface area (Å²) in [5, 5.41) is 14.1. The molecule has 2 unspecified atom stereocenters. The predicted molar refractivity (Wildman–Crippen MR) is 74.3 cm³/mol. The second-order valence-electron chi connectivity index (χ2n) is 4.57. The second-order valence-corrected chi connectivity index (χ2v) is 4.57.